The maximum atomic E-state index is 15.5. The lowest BCUT2D eigenvalue weighted by atomic mass is 9.76. The van der Waals surface area contributed by atoms with Gasteiger partial charge in [-0.2, -0.15) is 0 Å². The van der Waals surface area contributed by atoms with Gasteiger partial charge in [-0.25, -0.2) is 8.78 Å². The Morgan fingerprint density at radius 3 is 2.45 bits per heavy atom. The van der Waals surface area contributed by atoms with Gasteiger partial charge in [0, 0.05) is 35.5 Å². The van der Waals surface area contributed by atoms with Crippen LogP contribution in [0.25, 0.3) is 0 Å². The molecule has 0 radical (unpaired) electrons. The van der Waals surface area contributed by atoms with Crippen LogP contribution in [0.5, 0.6) is 5.75 Å². The largest absolute Gasteiger partial charge is 0.598 e. The number of alkyl halides is 2. The summed E-state index contributed by atoms with van der Waals surface area (Å²) >= 11 is -1.98. The summed E-state index contributed by atoms with van der Waals surface area (Å²) in [6.07, 6.45) is -1.27. The first-order valence-electron chi connectivity index (χ1n) is 9.60. The van der Waals surface area contributed by atoms with E-state index >= 15 is 8.78 Å². The second kappa shape index (κ2) is 8.34. The van der Waals surface area contributed by atoms with Gasteiger partial charge < -0.3 is 14.4 Å². The number of rotatable bonds is 6. The number of benzene rings is 2. The van der Waals surface area contributed by atoms with E-state index < -0.39 is 57.3 Å². The lowest BCUT2D eigenvalue weighted by Crippen LogP contribution is -2.63. The van der Waals surface area contributed by atoms with E-state index in [0.717, 1.165) is 12.1 Å². The number of non-ortho nitro benzene ring substituents is 1. The molecule has 0 bridgehead atoms. The van der Waals surface area contributed by atoms with E-state index in [4.69, 9.17) is 4.74 Å². The molecule has 3 rings (SSSR count). The summed E-state index contributed by atoms with van der Waals surface area (Å²) in [4.78, 5) is 10.6. The van der Waals surface area contributed by atoms with Crippen molar-refractivity contribution in [2.45, 2.75) is 49.5 Å². The molecule has 2 unspecified atom stereocenters. The van der Waals surface area contributed by atoms with Crippen LogP contribution in [0.1, 0.15) is 44.4 Å². The second-order valence-electron chi connectivity index (χ2n) is 8.41. The fourth-order valence-corrected chi connectivity index (χ4v) is 4.43. The molecule has 1 heterocycles. The highest BCUT2D eigenvalue weighted by Gasteiger charge is 2.62. The molecule has 0 amide bonds. The number of aliphatic hydroxyl groups excluding tert-OH is 1. The highest BCUT2D eigenvalue weighted by atomic mass is 32.2. The molecule has 3 atom stereocenters. The Kier molecular flexibility index (Phi) is 6.30. The van der Waals surface area contributed by atoms with Crippen molar-refractivity contribution in [2.75, 3.05) is 6.61 Å². The van der Waals surface area contributed by atoms with Gasteiger partial charge in [0.2, 0.25) is 0 Å². The van der Waals surface area contributed by atoms with Gasteiger partial charge in [0.1, 0.15) is 23.2 Å². The van der Waals surface area contributed by atoms with Gasteiger partial charge in [-0.1, -0.05) is 30.3 Å². The first-order chi connectivity index (χ1) is 14.4. The summed E-state index contributed by atoms with van der Waals surface area (Å²) < 4.78 is 51.5. The minimum absolute atomic E-state index is 0.00256. The third-order valence-corrected chi connectivity index (χ3v) is 6.86. The summed E-state index contributed by atoms with van der Waals surface area (Å²) in [5.74, 6) is -3.81. The summed E-state index contributed by atoms with van der Waals surface area (Å²) in [6.45, 7) is 3.29. The highest BCUT2D eigenvalue weighted by molar-refractivity contribution is 7.90. The third-order valence-electron chi connectivity index (χ3n) is 5.21. The van der Waals surface area contributed by atoms with Crippen molar-refractivity contribution in [3.8, 4) is 5.75 Å². The maximum Gasteiger partial charge on any atom is 0.297 e. The van der Waals surface area contributed by atoms with Crippen LogP contribution >= 0.6 is 0 Å². The molecule has 168 valence electrons. The first kappa shape index (κ1) is 23.4. The van der Waals surface area contributed by atoms with Crippen molar-refractivity contribution in [3.05, 3.63) is 69.8 Å². The number of hydrogen-bond donors (Lipinski definition) is 2. The summed E-state index contributed by atoms with van der Waals surface area (Å²) in [5.41, 5.74) is -2.40. The van der Waals surface area contributed by atoms with E-state index in [9.17, 15) is 19.8 Å². The average molecular weight is 454 g/mol. The van der Waals surface area contributed by atoms with Gasteiger partial charge >= 0.3 is 0 Å². The number of nitrogens with one attached hydrogen (secondary N) is 1. The molecule has 0 fully saturated rings. The molecule has 0 saturated carbocycles. The Morgan fingerprint density at radius 2 is 1.90 bits per heavy atom. The summed E-state index contributed by atoms with van der Waals surface area (Å²) in [5, 5.41) is 21.0. The highest BCUT2D eigenvalue weighted by Crippen LogP contribution is 2.53. The quantitative estimate of drug-likeness (QED) is 0.388. The fraction of sp³-hybridized carbons (Fsp3) is 0.429. The smallest absolute Gasteiger partial charge is 0.297 e. The van der Waals surface area contributed by atoms with Crippen molar-refractivity contribution >= 4 is 17.0 Å². The molecule has 2 aromatic carbocycles. The number of aliphatic hydroxyl groups is 1. The summed E-state index contributed by atoms with van der Waals surface area (Å²) in [7, 11) is 0. The minimum Gasteiger partial charge on any atom is -0.598 e. The molecule has 0 spiro atoms. The zero-order valence-electron chi connectivity index (χ0n) is 17.3. The number of fused-ring (bicyclic) bond motifs is 1. The zero-order chi connectivity index (χ0) is 23.0. The lowest BCUT2D eigenvalue weighted by molar-refractivity contribution is -0.385. The molecule has 10 heteroatoms. The van der Waals surface area contributed by atoms with E-state index in [1.165, 1.54) is 6.07 Å². The van der Waals surface area contributed by atoms with Crippen molar-refractivity contribution in [1.82, 2.24) is 4.72 Å². The third kappa shape index (κ3) is 4.38. The van der Waals surface area contributed by atoms with Crippen molar-refractivity contribution in [2.24, 2.45) is 0 Å². The minimum atomic E-state index is -3.81. The van der Waals surface area contributed by atoms with Crippen molar-refractivity contribution in [3.63, 3.8) is 0 Å². The fourth-order valence-electron chi connectivity index (χ4n) is 3.47. The average Bonchev–Trinajstić information content (AvgIpc) is 2.72. The molecule has 7 nitrogen and oxygen atoms in total. The van der Waals surface area contributed by atoms with Crippen LogP contribution in [0.4, 0.5) is 14.5 Å². The van der Waals surface area contributed by atoms with Crippen LogP contribution < -0.4 is 9.46 Å². The Bertz CT molecular complexity index is 955. The molecule has 0 saturated heterocycles. The second-order valence-corrected chi connectivity index (χ2v) is 10.4. The standard InChI is InChI=1S/C21H24F2N2O5S/c1-19(2,3)31(29)24-20(21(22,23)13-26)12-18(14-7-5-4-6-8-14)30-17-10-9-15(25(27)28)11-16(17)20/h4-11,18,24,26H,12-13H2,1-3H3/t18?,20-,31?/m1/s1. The zero-order valence-corrected chi connectivity index (χ0v) is 18.1. The molecule has 31 heavy (non-hydrogen) atoms. The molecule has 2 N–H and O–H groups in total. The maximum absolute atomic E-state index is 15.5. The Balaban J connectivity index is 2.26. The SMILES string of the molecule is CC(C)(C)[S+]([O-])N[C@]1(C(F)(F)CO)CC(c2ccccc2)Oc2ccc([N+](=O)[O-])cc21. The number of ether oxygens (including phenoxy) is 1. The number of nitro benzene ring substituents is 1. The monoisotopic (exact) mass is 454 g/mol. The van der Waals surface area contributed by atoms with Crippen molar-refractivity contribution < 1.29 is 28.1 Å². The molecule has 2 aromatic rings. The van der Waals surface area contributed by atoms with Crippen LogP contribution in [-0.4, -0.2) is 31.9 Å². The van der Waals surface area contributed by atoms with Crippen LogP contribution in [0.2, 0.25) is 0 Å². The normalized spacial score (nSPS) is 22.4. The van der Waals surface area contributed by atoms with Crippen LogP contribution in [0, 0.1) is 10.1 Å². The first-order valence-corrected chi connectivity index (χ1v) is 10.8. The Morgan fingerprint density at radius 1 is 1.26 bits per heavy atom. The predicted molar refractivity (Wildman–Crippen MR) is 112 cm³/mol. The molecule has 1 aliphatic rings. The molecular weight excluding hydrogens is 430 g/mol. The van der Waals surface area contributed by atoms with E-state index in [-0.39, 0.29) is 11.3 Å². The van der Waals surface area contributed by atoms with Crippen LogP contribution in [-0.2, 0) is 16.9 Å². The number of nitro groups is 1. The Hall–Kier alpha value is -2.27. The molecule has 0 aliphatic carbocycles. The van der Waals surface area contributed by atoms with Gasteiger partial charge in [0.05, 0.1) is 4.92 Å². The van der Waals surface area contributed by atoms with E-state index in [1.54, 1.807) is 51.1 Å². The van der Waals surface area contributed by atoms with E-state index in [2.05, 4.69) is 4.72 Å². The van der Waals surface area contributed by atoms with Crippen LogP contribution in [0.15, 0.2) is 48.5 Å². The van der Waals surface area contributed by atoms with Gasteiger partial charge in [-0.3, -0.25) is 10.1 Å². The predicted octanol–water partition coefficient (Wildman–Crippen LogP) is 3.99. The van der Waals surface area contributed by atoms with Gasteiger partial charge in [-0.05, 0) is 32.4 Å². The molecule has 1 aliphatic heterocycles. The van der Waals surface area contributed by atoms with E-state index in [1.807, 2.05) is 0 Å². The van der Waals surface area contributed by atoms with Crippen LogP contribution in [0.3, 0.4) is 0 Å². The number of halogens is 2. The lowest BCUT2D eigenvalue weighted by Gasteiger charge is -2.46. The topological polar surface area (TPSA) is 108 Å². The molecule has 0 aromatic heterocycles. The van der Waals surface area contributed by atoms with E-state index in [0.29, 0.717) is 5.56 Å². The number of hydrogen-bond acceptors (Lipinski definition) is 6. The van der Waals surface area contributed by atoms with Crippen molar-refractivity contribution in [1.29, 1.82) is 0 Å². The number of nitrogens with zero attached hydrogens (tertiary/aromatic N) is 1. The molecular formula is C21H24F2N2O5S. The summed E-state index contributed by atoms with van der Waals surface area (Å²) in [6, 6.07) is 12.1. The van der Waals surface area contributed by atoms with Gasteiger partial charge in [-0.15, -0.1) is 4.72 Å². The van der Waals surface area contributed by atoms with Gasteiger partial charge in [0.25, 0.3) is 11.6 Å². The Labute approximate surface area is 181 Å². The van der Waals surface area contributed by atoms with Gasteiger partial charge in [0.15, 0.2) is 5.54 Å².